The van der Waals surface area contributed by atoms with Crippen LogP contribution < -0.4 is 4.90 Å². The zero-order valence-corrected chi connectivity index (χ0v) is 8.98. The van der Waals surface area contributed by atoms with Crippen molar-refractivity contribution < 1.29 is 0 Å². The lowest BCUT2D eigenvalue weighted by Gasteiger charge is -2.27. The predicted octanol–water partition coefficient (Wildman–Crippen LogP) is 3.44. The quantitative estimate of drug-likeness (QED) is 0.702. The molecule has 0 saturated carbocycles. The van der Waals surface area contributed by atoms with Crippen molar-refractivity contribution in [1.29, 1.82) is 0 Å². The molecule has 15 heavy (non-hydrogen) atoms. The van der Waals surface area contributed by atoms with Gasteiger partial charge in [0.25, 0.3) is 0 Å². The molecule has 2 rings (SSSR count). The second kappa shape index (κ2) is 4.18. The summed E-state index contributed by atoms with van der Waals surface area (Å²) in [6.45, 7) is 6.90. The van der Waals surface area contributed by atoms with E-state index in [0.717, 1.165) is 12.2 Å². The van der Waals surface area contributed by atoms with Crippen LogP contribution in [0.1, 0.15) is 5.56 Å². The molecule has 1 aromatic rings. The molecular formula is C14H15N. The lowest BCUT2D eigenvalue weighted by Crippen LogP contribution is -2.23. The molecule has 0 spiro atoms. The predicted molar refractivity (Wildman–Crippen MR) is 65.9 cm³/mol. The summed E-state index contributed by atoms with van der Waals surface area (Å²) >= 11 is 0. The third-order valence-corrected chi connectivity index (χ3v) is 2.62. The Labute approximate surface area is 91.0 Å². The number of nitrogens with zero attached hydrogens (tertiary/aromatic N) is 1. The van der Waals surface area contributed by atoms with Gasteiger partial charge in [0.15, 0.2) is 0 Å². The average Bonchev–Trinajstić information content (AvgIpc) is 2.30. The number of para-hydroxylation sites is 1. The molecule has 0 amide bonds. The number of allylic oxidation sites excluding steroid dienone is 3. The molecule has 76 valence electrons. The maximum absolute atomic E-state index is 3.85. The number of aryl methyl sites for hydroxylation is 1. The molecule has 1 heterocycles. The van der Waals surface area contributed by atoms with Crippen LogP contribution in [0.15, 0.2) is 60.8 Å². The first-order chi connectivity index (χ1) is 7.33. The fourth-order valence-electron chi connectivity index (χ4n) is 1.81. The Kier molecular flexibility index (Phi) is 2.72. The van der Waals surface area contributed by atoms with Crippen LogP contribution in [-0.2, 0) is 0 Å². The lowest BCUT2D eigenvalue weighted by molar-refractivity contribution is 1.02. The molecule has 1 aromatic carbocycles. The molecule has 0 saturated heterocycles. The monoisotopic (exact) mass is 197 g/mol. The largest absolute Gasteiger partial charge is 0.337 e. The Bertz CT molecular complexity index is 427. The molecule has 0 N–H and O–H groups in total. The molecule has 0 fully saturated rings. The van der Waals surface area contributed by atoms with E-state index in [-0.39, 0.29) is 0 Å². The summed E-state index contributed by atoms with van der Waals surface area (Å²) in [6, 6.07) is 8.41. The van der Waals surface area contributed by atoms with E-state index in [2.05, 4.69) is 60.9 Å². The van der Waals surface area contributed by atoms with Gasteiger partial charge in [0, 0.05) is 17.9 Å². The van der Waals surface area contributed by atoms with E-state index in [1.54, 1.807) is 0 Å². The van der Waals surface area contributed by atoms with Crippen LogP contribution in [0, 0.1) is 6.92 Å². The number of hydrogen-bond donors (Lipinski definition) is 0. The van der Waals surface area contributed by atoms with Gasteiger partial charge in [0.05, 0.1) is 0 Å². The van der Waals surface area contributed by atoms with Crippen molar-refractivity contribution in [2.75, 3.05) is 11.4 Å². The fourth-order valence-corrected chi connectivity index (χ4v) is 1.81. The van der Waals surface area contributed by atoms with Gasteiger partial charge in [-0.2, -0.15) is 0 Å². The van der Waals surface area contributed by atoms with E-state index in [0.29, 0.717) is 0 Å². The van der Waals surface area contributed by atoms with Gasteiger partial charge in [-0.25, -0.2) is 0 Å². The Morgan fingerprint density at radius 3 is 2.87 bits per heavy atom. The van der Waals surface area contributed by atoms with Crippen molar-refractivity contribution in [3.8, 4) is 0 Å². The van der Waals surface area contributed by atoms with Crippen LogP contribution in [0.2, 0.25) is 0 Å². The summed E-state index contributed by atoms with van der Waals surface area (Å²) in [5, 5.41) is 0. The maximum Gasteiger partial charge on any atom is 0.0443 e. The number of rotatable bonds is 2. The van der Waals surface area contributed by atoms with E-state index in [1.165, 1.54) is 11.3 Å². The van der Waals surface area contributed by atoms with E-state index in [9.17, 15) is 0 Å². The molecule has 0 bridgehead atoms. The van der Waals surface area contributed by atoms with Gasteiger partial charge in [-0.1, -0.05) is 36.9 Å². The van der Waals surface area contributed by atoms with Gasteiger partial charge >= 0.3 is 0 Å². The highest BCUT2D eigenvalue weighted by molar-refractivity contribution is 5.61. The van der Waals surface area contributed by atoms with E-state index in [1.807, 2.05) is 6.08 Å². The molecule has 0 unspecified atom stereocenters. The van der Waals surface area contributed by atoms with E-state index < -0.39 is 0 Å². The third-order valence-electron chi connectivity index (χ3n) is 2.62. The van der Waals surface area contributed by atoms with E-state index >= 15 is 0 Å². The van der Waals surface area contributed by atoms with Crippen molar-refractivity contribution in [2.24, 2.45) is 0 Å². The second-order valence-corrected chi connectivity index (χ2v) is 3.62. The number of benzene rings is 1. The van der Waals surface area contributed by atoms with Crippen LogP contribution in [0.4, 0.5) is 5.69 Å². The minimum absolute atomic E-state index is 0.919. The Morgan fingerprint density at radius 1 is 1.33 bits per heavy atom. The molecular weight excluding hydrogens is 182 g/mol. The first-order valence-electron chi connectivity index (χ1n) is 5.15. The molecule has 0 atom stereocenters. The van der Waals surface area contributed by atoms with Crippen LogP contribution >= 0.6 is 0 Å². The van der Waals surface area contributed by atoms with Gasteiger partial charge < -0.3 is 4.90 Å². The fraction of sp³-hybridized carbons (Fsp3) is 0.143. The summed E-state index contributed by atoms with van der Waals surface area (Å²) in [6.07, 6.45) is 8.21. The topological polar surface area (TPSA) is 3.24 Å². The average molecular weight is 197 g/mol. The molecule has 1 aliphatic rings. The zero-order chi connectivity index (χ0) is 10.7. The van der Waals surface area contributed by atoms with Crippen molar-refractivity contribution in [2.45, 2.75) is 6.92 Å². The highest BCUT2D eigenvalue weighted by Crippen LogP contribution is 2.25. The Balaban J connectivity index is 2.40. The van der Waals surface area contributed by atoms with Crippen LogP contribution in [0.5, 0.6) is 0 Å². The zero-order valence-electron chi connectivity index (χ0n) is 8.98. The SMILES string of the molecule is C=CC1=CC=CCN1c1ccccc1C. The summed E-state index contributed by atoms with van der Waals surface area (Å²) in [4.78, 5) is 2.27. The molecule has 1 aliphatic heterocycles. The highest BCUT2D eigenvalue weighted by Gasteiger charge is 2.11. The van der Waals surface area contributed by atoms with E-state index in [4.69, 9.17) is 0 Å². The van der Waals surface area contributed by atoms with Crippen LogP contribution in [0.3, 0.4) is 0 Å². The maximum atomic E-state index is 3.85. The van der Waals surface area contributed by atoms with Crippen molar-refractivity contribution in [3.05, 3.63) is 66.4 Å². The van der Waals surface area contributed by atoms with Crippen molar-refractivity contribution in [3.63, 3.8) is 0 Å². The Hall–Kier alpha value is -1.76. The van der Waals surface area contributed by atoms with Crippen LogP contribution in [0.25, 0.3) is 0 Å². The molecule has 1 heteroatoms. The minimum atomic E-state index is 0.919. The molecule has 0 aliphatic carbocycles. The first-order valence-corrected chi connectivity index (χ1v) is 5.15. The third kappa shape index (κ3) is 1.86. The minimum Gasteiger partial charge on any atom is -0.337 e. The van der Waals surface area contributed by atoms with Gasteiger partial charge in [-0.3, -0.25) is 0 Å². The molecule has 1 nitrogen and oxygen atoms in total. The summed E-state index contributed by atoms with van der Waals surface area (Å²) < 4.78 is 0. The standard InChI is InChI=1S/C14H15N/c1-3-13-9-6-7-11-15(13)14-10-5-4-8-12(14)2/h3-10H,1,11H2,2H3. The Morgan fingerprint density at radius 2 is 2.13 bits per heavy atom. The van der Waals surface area contributed by atoms with Gasteiger partial charge in [-0.15, -0.1) is 0 Å². The first kappa shape index (κ1) is 9.78. The summed E-state index contributed by atoms with van der Waals surface area (Å²) in [5.74, 6) is 0. The summed E-state index contributed by atoms with van der Waals surface area (Å²) in [7, 11) is 0. The van der Waals surface area contributed by atoms with Crippen LogP contribution in [-0.4, -0.2) is 6.54 Å². The normalized spacial score (nSPS) is 15.0. The summed E-state index contributed by atoms with van der Waals surface area (Å²) in [5.41, 5.74) is 3.71. The van der Waals surface area contributed by atoms with Crippen molar-refractivity contribution >= 4 is 5.69 Å². The lowest BCUT2D eigenvalue weighted by atomic mass is 10.1. The molecule has 0 aromatic heterocycles. The highest BCUT2D eigenvalue weighted by atomic mass is 15.1. The number of anilines is 1. The van der Waals surface area contributed by atoms with Crippen molar-refractivity contribution in [1.82, 2.24) is 0 Å². The van der Waals surface area contributed by atoms with Gasteiger partial charge in [-0.05, 0) is 30.7 Å². The van der Waals surface area contributed by atoms with Gasteiger partial charge in [0.1, 0.15) is 0 Å². The smallest absolute Gasteiger partial charge is 0.0443 e. The van der Waals surface area contributed by atoms with Gasteiger partial charge in [0.2, 0.25) is 0 Å². The second-order valence-electron chi connectivity index (χ2n) is 3.62. The number of hydrogen-bond acceptors (Lipinski definition) is 1. The molecule has 0 radical (unpaired) electrons.